The van der Waals surface area contributed by atoms with Crippen LogP contribution in [0.2, 0.25) is 0 Å². The molecule has 1 heterocycles. The molecular weight excluding hydrogens is 335 g/mol. The smallest absolute Gasteiger partial charge is 0.255 e. The molecule has 1 aliphatic rings. The first kappa shape index (κ1) is 16.4. The minimum atomic E-state index is -0.399. The third kappa shape index (κ3) is 3.46. The van der Waals surface area contributed by atoms with E-state index in [4.69, 9.17) is 5.73 Å². The van der Waals surface area contributed by atoms with Crippen LogP contribution in [0.1, 0.15) is 23.7 Å². The Balaban J connectivity index is 0.00000180. The molecule has 1 amide bonds. The minimum absolute atomic E-state index is 0. The number of hydrogen-bond donors (Lipinski definition) is 1. The molecule has 2 N–H and O–H groups in total. The van der Waals surface area contributed by atoms with Crippen molar-refractivity contribution in [2.75, 3.05) is 13.1 Å². The van der Waals surface area contributed by atoms with Gasteiger partial charge in [-0.15, -0.1) is 12.4 Å². The van der Waals surface area contributed by atoms with Crippen molar-refractivity contribution in [2.45, 2.75) is 19.4 Å². The zero-order valence-electron chi connectivity index (χ0n) is 10.6. The number of carbonyl (C=O) groups is 1. The lowest BCUT2D eigenvalue weighted by Gasteiger charge is -2.22. The van der Waals surface area contributed by atoms with Crippen LogP contribution in [-0.2, 0) is 0 Å². The Kier molecular flexibility index (Phi) is 5.77. The predicted molar refractivity (Wildman–Crippen MR) is 79.0 cm³/mol. The average molecular weight is 352 g/mol. The molecule has 1 aromatic carbocycles. The highest BCUT2D eigenvalue weighted by Gasteiger charge is 2.32. The lowest BCUT2D eigenvalue weighted by molar-refractivity contribution is 0.0742. The van der Waals surface area contributed by atoms with Gasteiger partial charge in [0.2, 0.25) is 0 Å². The molecule has 1 fully saturated rings. The van der Waals surface area contributed by atoms with E-state index >= 15 is 0 Å². The van der Waals surface area contributed by atoms with E-state index in [1.165, 1.54) is 12.1 Å². The quantitative estimate of drug-likeness (QED) is 0.890. The summed E-state index contributed by atoms with van der Waals surface area (Å²) in [5.41, 5.74) is 6.02. The van der Waals surface area contributed by atoms with E-state index in [0.717, 1.165) is 6.42 Å². The lowest BCUT2D eigenvalue weighted by Crippen LogP contribution is -2.34. The van der Waals surface area contributed by atoms with Crippen molar-refractivity contribution >= 4 is 34.2 Å². The first-order valence-corrected chi connectivity index (χ1v) is 6.78. The molecule has 0 spiro atoms. The Morgan fingerprint density at radius 2 is 2.26 bits per heavy atom. The second kappa shape index (κ2) is 6.68. The van der Waals surface area contributed by atoms with Crippen molar-refractivity contribution in [2.24, 2.45) is 11.7 Å². The Hall–Kier alpha value is -0.650. The molecule has 3 nitrogen and oxygen atoms in total. The molecule has 2 rings (SSSR count). The fourth-order valence-corrected chi connectivity index (χ4v) is 2.83. The normalized spacial score (nSPS) is 22.2. The number of benzene rings is 1. The Labute approximate surface area is 126 Å². The molecule has 1 aromatic rings. The van der Waals surface area contributed by atoms with Crippen LogP contribution in [0.3, 0.4) is 0 Å². The summed E-state index contributed by atoms with van der Waals surface area (Å²) >= 11 is 3.29. The topological polar surface area (TPSA) is 46.3 Å². The van der Waals surface area contributed by atoms with E-state index in [2.05, 4.69) is 15.9 Å². The van der Waals surface area contributed by atoms with Crippen LogP contribution < -0.4 is 5.73 Å². The Morgan fingerprint density at radius 3 is 2.84 bits per heavy atom. The Bertz CT molecular complexity index is 472. The molecule has 0 radical (unpaired) electrons. The summed E-state index contributed by atoms with van der Waals surface area (Å²) in [6, 6.07) is 4.32. The molecule has 19 heavy (non-hydrogen) atoms. The van der Waals surface area contributed by atoms with Gasteiger partial charge in [-0.25, -0.2) is 4.39 Å². The molecule has 1 aliphatic heterocycles. The number of amides is 1. The summed E-state index contributed by atoms with van der Waals surface area (Å²) in [5, 5.41) is 0. The second-order valence-corrected chi connectivity index (χ2v) is 5.62. The Morgan fingerprint density at radius 1 is 1.58 bits per heavy atom. The zero-order valence-corrected chi connectivity index (χ0v) is 13.0. The van der Waals surface area contributed by atoms with Gasteiger partial charge >= 0.3 is 0 Å². The summed E-state index contributed by atoms with van der Waals surface area (Å²) in [6.45, 7) is 3.23. The van der Waals surface area contributed by atoms with E-state index in [0.29, 0.717) is 29.0 Å². The van der Waals surface area contributed by atoms with Crippen LogP contribution in [-0.4, -0.2) is 29.9 Å². The SMILES string of the molecule is CC1CC(CN)CN1C(=O)c1cc(F)ccc1Br.Cl. The summed E-state index contributed by atoms with van der Waals surface area (Å²) in [5.74, 6) is -0.190. The molecule has 2 atom stereocenters. The third-order valence-corrected chi connectivity index (χ3v) is 4.11. The van der Waals surface area contributed by atoms with Crippen molar-refractivity contribution in [1.29, 1.82) is 0 Å². The summed E-state index contributed by atoms with van der Waals surface area (Å²) in [4.78, 5) is 14.2. The fourth-order valence-electron chi connectivity index (χ4n) is 2.41. The van der Waals surface area contributed by atoms with E-state index in [-0.39, 0.29) is 24.4 Å². The zero-order chi connectivity index (χ0) is 13.3. The molecule has 0 bridgehead atoms. The van der Waals surface area contributed by atoms with Crippen LogP contribution in [0.5, 0.6) is 0 Å². The molecule has 106 valence electrons. The highest BCUT2D eigenvalue weighted by Crippen LogP contribution is 2.27. The van der Waals surface area contributed by atoms with E-state index < -0.39 is 5.82 Å². The molecule has 0 aliphatic carbocycles. The number of likely N-dealkylation sites (tertiary alicyclic amines) is 1. The van der Waals surface area contributed by atoms with Crippen molar-refractivity contribution in [3.63, 3.8) is 0 Å². The van der Waals surface area contributed by atoms with Gasteiger partial charge in [0, 0.05) is 17.1 Å². The van der Waals surface area contributed by atoms with Gasteiger partial charge in [0.15, 0.2) is 0 Å². The van der Waals surface area contributed by atoms with Crippen LogP contribution in [0.4, 0.5) is 4.39 Å². The number of carbonyl (C=O) groups excluding carboxylic acids is 1. The molecule has 2 unspecified atom stereocenters. The first-order chi connectivity index (χ1) is 8.52. The van der Waals surface area contributed by atoms with Crippen molar-refractivity contribution in [1.82, 2.24) is 4.90 Å². The van der Waals surface area contributed by atoms with Crippen LogP contribution >= 0.6 is 28.3 Å². The monoisotopic (exact) mass is 350 g/mol. The van der Waals surface area contributed by atoms with Gasteiger partial charge in [-0.2, -0.15) is 0 Å². The second-order valence-electron chi connectivity index (χ2n) is 4.77. The average Bonchev–Trinajstić information content (AvgIpc) is 2.73. The minimum Gasteiger partial charge on any atom is -0.336 e. The van der Waals surface area contributed by atoms with Gasteiger partial charge in [-0.3, -0.25) is 4.79 Å². The molecule has 0 aromatic heterocycles. The predicted octanol–water partition coefficient (Wildman–Crippen LogP) is 2.82. The van der Waals surface area contributed by atoms with Crippen molar-refractivity contribution < 1.29 is 9.18 Å². The van der Waals surface area contributed by atoms with Gasteiger partial charge in [0.05, 0.1) is 5.56 Å². The van der Waals surface area contributed by atoms with Gasteiger partial charge in [-0.1, -0.05) is 0 Å². The van der Waals surface area contributed by atoms with Gasteiger partial charge in [-0.05, 0) is 59.9 Å². The standard InChI is InChI=1S/C13H16BrFN2O.ClH/c1-8-4-9(6-16)7-17(8)13(18)11-5-10(15)2-3-12(11)14;/h2-3,5,8-9H,4,6-7,16H2,1H3;1H. The van der Waals surface area contributed by atoms with Crippen LogP contribution in [0, 0.1) is 11.7 Å². The maximum absolute atomic E-state index is 13.2. The number of nitrogens with zero attached hydrogens (tertiary/aromatic N) is 1. The molecular formula is C13H17BrClFN2O. The van der Waals surface area contributed by atoms with Gasteiger partial charge in [0.25, 0.3) is 5.91 Å². The number of rotatable bonds is 2. The highest BCUT2D eigenvalue weighted by atomic mass is 79.9. The van der Waals surface area contributed by atoms with Crippen molar-refractivity contribution in [3.05, 3.63) is 34.1 Å². The van der Waals surface area contributed by atoms with Gasteiger partial charge < -0.3 is 10.6 Å². The molecule has 1 saturated heterocycles. The number of nitrogens with two attached hydrogens (primary N) is 1. The maximum atomic E-state index is 13.2. The number of hydrogen-bond acceptors (Lipinski definition) is 2. The summed E-state index contributed by atoms with van der Waals surface area (Å²) in [6.07, 6.45) is 0.912. The van der Waals surface area contributed by atoms with E-state index in [1.807, 2.05) is 6.92 Å². The van der Waals surface area contributed by atoms with E-state index in [1.54, 1.807) is 11.0 Å². The lowest BCUT2D eigenvalue weighted by atomic mass is 10.1. The van der Waals surface area contributed by atoms with Crippen LogP contribution in [0.25, 0.3) is 0 Å². The fraction of sp³-hybridized carbons (Fsp3) is 0.462. The third-order valence-electron chi connectivity index (χ3n) is 3.41. The van der Waals surface area contributed by atoms with Crippen LogP contribution in [0.15, 0.2) is 22.7 Å². The molecule has 0 saturated carbocycles. The first-order valence-electron chi connectivity index (χ1n) is 5.99. The highest BCUT2D eigenvalue weighted by molar-refractivity contribution is 9.10. The van der Waals surface area contributed by atoms with Crippen molar-refractivity contribution in [3.8, 4) is 0 Å². The summed E-state index contributed by atoms with van der Waals surface area (Å²) in [7, 11) is 0. The van der Waals surface area contributed by atoms with Gasteiger partial charge in [0.1, 0.15) is 5.82 Å². The molecule has 6 heteroatoms. The van der Waals surface area contributed by atoms with E-state index in [9.17, 15) is 9.18 Å². The number of halogens is 3. The summed E-state index contributed by atoms with van der Waals surface area (Å²) < 4.78 is 13.8. The maximum Gasteiger partial charge on any atom is 0.255 e. The largest absolute Gasteiger partial charge is 0.336 e.